The Morgan fingerprint density at radius 2 is 1.61 bits per heavy atom. The van der Waals surface area contributed by atoms with Crippen molar-refractivity contribution in [1.82, 2.24) is 0 Å². The lowest BCUT2D eigenvalue weighted by atomic mass is 9.85. The van der Waals surface area contributed by atoms with E-state index in [0.29, 0.717) is 22.7 Å². The van der Waals surface area contributed by atoms with Crippen molar-refractivity contribution in [2.24, 2.45) is 23.5 Å². The van der Waals surface area contributed by atoms with Gasteiger partial charge in [0, 0.05) is 17.8 Å². The van der Waals surface area contributed by atoms with Crippen LogP contribution in [0.2, 0.25) is 0 Å². The van der Waals surface area contributed by atoms with Gasteiger partial charge in [0.15, 0.2) is 0 Å². The average Bonchev–Trinajstić information content (AvgIpc) is 2.28. The molecule has 18 heavy (non-hydrogen) atoms. The summed E-state index contributed by atoms with van der Waals surface area (Å²) < 4.78 is 0. The third-order valence-electron chi connectivity index (χ3n) is 3.42. The summed E-state index contributed by atoms with van der Waals surface area (Å²) >= 11 is 4.94. The van der Waals surface area contributed by atoms with E-state index in [1.807, 2.05) is 24.3 Å². The average molecular weight is 264 g/mol. The Hall–Kier alpha value is -1.09. The molecule has 1 aromatic rings. The molecule has 0 fully saturated rings. The zero-order chi connectivity index (χ0) is 13.7. The molecule has 0 aromatic heterocycles. The normalized spacial score (nSPS) is 11.3. The number of nitrogens with one attached hydrogen (secondary N) is 1. The lowest BCUT2D eigenvalue weighted by Gasteiger charge is -2.25. The molecule has 0 spiro atoms. The molecule has 0 atom stereocenters. The third kappa shape index (κ3) is 4.30. The van der Waals surface area contributed by atoms with E-state index >= 15 is 0 Å². The van der Waals surface area contributed by atoms with Crippen LogP contribution in [0.15, 0.2) is 24.3 Å². The van der Waals surface area contributed by atoms with E-state index in [2.05, 4.69) is 33.0 Å². The van der Waals surface area contributed by atoms with E-state index in [-0.39, 0.29) is 0 Å². The summed E-state index contributed by atoms with van der Waals surface area (Å²) in [6.07, 6.45) is 0. The monoisotopic (exact) mass is 264 g/mol. The summed E-state index contributed by atoms with van der Waals surface area (Å²) in [5, 5.41) is 3.49. The van der Waals surface area contributed by atoms with Gasteiger partial charge in [-0.3, -0.25) is 0 Å². The van der Waals surface area contributed by atoms with Gasteiger partial charge in [-0.25, -0.2) is 0 Å². The third-order valence-corrected chi connectivity index (χ3v) is 3.66. The van der Waals surface area contributed by atoms with Gasteiger partial charge in [0.1, 0.15) is 4.99 Å². The Morgan fingerprint density at radius 1 is 1.11 bits per heavy atom. The standard InChI is InChI=1S/C15H24N2S/c1-10(2)14(11(3)4)9-17-13-7-5-12(6-8-13)15(16)18/h5-8,10-11,14,17H,9H2,1-4H3,(H2,16,18). The molecule has 0 amide bonds. The molecular formula is C15H24N2S. The summed E-state index contributed by atoms with van der Waals surface area (Å²) in [6.45, 7) is 10.1. The Bertz CT molecular complexity index is 374. The Balaban J connectivity index is 2.60. The van der Waals surface area contributed by atoms with Crippen LogP contribution in [0.25, 0.3) is 0 Å². The van der Waals surface area contributed by atoms with E-state index < -0.39 is 0 Å². The number of thiocarbonyl (C=S) groups is 1. The van der Waals surface area contributed by atoms with Gasteiger partial charge in [-0.1, -0.05) is 39.9 Å². The first kappa shape index (κ1) is 15.0. The van der Waals surface area contributed by atoms with Crippen molar-refractivity contribution in [3.63, 3.8) is 0 Å². The van der Waals surface area contributed by atoms with Crippen LogP contribution in [0.1, 0.15) is 33.3 Å². The fraction of sp³-hybridized carbons (Fsp3) is 0.533. The van der Waals surface area contributed by atoms with Crippen LogP contribution in [0.5, 0.6) is 0 Å². The molecule has 100 valence electrons. The Morgan fingerprint density at radius 3 is 2.00 bits per heavy atom. The quantitative estimate of drug-likeness (QED) is 0.770. The highest BCUT2D eigenvalue weighted by Gasteiger charge is 2.16. The second-order valence-corrected chi connectivity index (χ2v) is 5.91. The van der Waals surface area contributed by atoms with Gasteiger partial charge < -0.3 is 11.1 Å². The Kier molecular flexibility index (Phi) is 5.60. The minimum atomic E-state index is 0.448. The van der Waals surface area contributed by atoms with Gasteiger partial charge >= 0.3 is 0 Å². The summed E-state index contributed by atoms with van der Waals surface area (Å²) in [7, 11) is 0. The summed E-state index contributed by atoms with van der Waals surface area (Å²) in [5.41, 5.74) is 7.62. The molecule has 0 aliphatic carbocycles. The van der Waals surface area contributed by atoms with Crippen molar-refractivity contribution in [3.05, 3.63) is 29.8 Å². The van der Waals surface area contributed by atoms with Gasteiger partial charge in [-0.2, -0.15) is 0 Å². The van der Waals surface area contributed by atoms with Crippen molar-refractivity contribution in [2.45, 2.75) is 27.7 Å². The van der Waals surface area contributed by atoms with Gasteiger partial charge in [-0.15, -0.1) is 0 Å². The Labute approximate surface area is 116 Å². The number of anilines is 1. The minimum absolute atomic E-state index is 0.448. The van der Waals surface area contributed by atoms with Gasteiger partial charge in [-0.05, 0) is 42.0 Å². The molecule has 0 heterocycles. The molecule has 1 aromatic carbocycles. The van der Waals surface area contributed by atoms with Gasteiger partial charge in [0.25, 0.3) is 0 Å². The van der Waals surface area contributed by atoms with Gasteiger partial charge in [0.2, 0.25) is 0 Å². The first-order valence-electron chi connectivity index (χ1n) is 6.55. The van der Waals surface area contributed by atoms with Gasteiger partial charge in [0.05, 0.1) is 0 Å². The van der Waals surface area contributed by atoms with Crippen molar-refractivity contribution in [1.29, 1.82) is 0 Å². The predicted molar refractivity (Wildman–Crippen MR) is 84.0 cm³/mol. The second kappa shape index (κ2) is 6.74. The van der Waals surface area contributed by atoms with E-state index in [1.54, 1.807) is 0 Å². The van der Waals surface area contributed by atoms with Crippen LogP contribution in [-0.2, 0) is 0 Å². The number of nitrogens with two attached hydrogens (primary N) is 1. The molecule has 0 radical (unpaired) electrons. The summed E-state index contributed by atoms with van der Waals surface area (Å²) in [4.78, 5) is 0.448. The second-order valence-electron chi connectivity index (χ2n) is 5.47. The molecule has 2 nitrogen and oxygen atoms in total. The molecule has 0 saturated carbocycles. The van der Waals surface area contributed by atoms with Crippen molar-refractivity contribution >= 4 is 22.9 Å². The topological polar surface area (TPSA) is 38.0 Å². The van der Waals surface area contributed by atoms with Crippen LogP contribution >= 0.6 is 12.2 Å². The predicted octanol–water partition coefficient (Wildman–Crippen LogP) is 3.66. The van der Waals surface area contributed by atoms with Crippen LogP contribution < -0.4 is 11.1 Å². The van der Waals surface area contributed by atoms with Crippen molar-refractivity contribution in [2.75, 3.05) is 11.9 Å². The zero-order valence-corrected chi connectivity index (χ0v) is 12.6. The van der Waals surface area contributed by atoms with E-state index in [0.717, 1.165) is 17.8 Å². The first-order valence-corrected chi connectivity index (χ1v) is 6.96. The first-order chi connectivity index (χ1) is 8.41. The minimum Gasteiger partial charge on any atom is -0.389 e. The van der Waals surface area contributed by atoms with Crippen molar-refractivity contribution < 1.29 is 0 Å². The number of benzene rings is 1. The van der Waals surface area contributed by atoms with Crippen LogP contribution in [0, 0.1) is 17.8 Å². The smallest absolute Gasteiger partial charge is 0.103 e. The lowest BCUT2D eigenvalue weighted by Crippen LogP contribution is -2.24. The molecule has 0 unspecified atom stereocenters. The van der Waals surface area contributed by atoms with Crippen LogP contribution in [-0.4, -0.2) is 11.5 Å². The maximum atomic E-state index is 5.58. The SMILES string of the molecule is CC(C)C(CNc1ccc(C(N)=S)cc1)C(C)C. The summed E-state index contributed by atoms with van der Waals surface area (Å²) in [5.74, 6) is 2.06. The summed E-state index contributed by atoms with van der Waals surface area (Å²) in [6, 6.07) is 7.99. The van der Waals surface area contributed by atoms with Crippen LogP contribution in [0.4, 0.5) is 5.69 Å². The lowest BCUT2D eigenvalue weighted by molar-refractivity contribution is 0.304. The molecular weight excluding hydrogens is 240 g/mol. The molecule has 3 heteroatoms. The number of hydrogen-bond acceptors (Lipinski definition) is 2. The highest BCUT2D eigenvalue weighted by molar-refractivity contribution is 7.80. The van der Waals surface area contributed by atoms with E-state index in [9.17, 15) is 0 Å². The molecule has 0 aliphatic heterocycles. The molecule has 0 saturated heterocycles. The zero-order valence-electron chi connectivity index (χ0n) is 11.7. The molecule has 3 N–H and O–H groups in total. The molecule has 0 bridgehead atoms. The molecule has 1 rings (SSSR count). The molecule has 0 aliphatic rings. The fourth-order valence-electron chi connectivity index (χ4n) is 2.23. The van der Waals surface area contributed by atoms with E-state index in [1.165, 1.54) is 0 Å². The van der Waals surface area contributed by atoms with Crippen LogP contribution in [0.3, 0.4) is 0 Å². The van der Waals surface area contributed by atoms with E-state index in [4.69, 9.17) is 18.0 Å². The maximum absolute atomic E-state index is 5.58. The number of rotatable bonds is 6. The highest BCUT2D eigenvalue weighted by atomic mass is 32.1. The largest absolute Gasteiger partial charge is 0.389 e. The fourth-order valence-corrected chi connectivity index (χ4v) is 2.37. The highest BCUT2D eigenvalue weighted by Crippen LogP contribution is 2.21. The maximum Gasteiger partial charge on any atom is 0.103 e. The van der Waals surface area contributed by atoms with Crippen molar-refractivity contribution in [3.8, 4) is 0 Å². The number of hydrogen-bond donors (Lipinski definition) is 2.